The summed E-state index contributed by atoms with van der Waals surface area (Å²) in [6.07, 6.45) is 4.90. The van der Waals surface area contributed by atoms with Crippen LogP contribution in [0.5, 0.6) is 0 Å². The number of rotatable bonds is 3. The Morgan fingerprint density at radius 3 is 2.36 bits per heavy atom. The van der Waals surface area contributed by atoms with E-state index in [-0.39, 0.29) is 17.3 Å². The molecule has 2 nitrogen and oxygen atoms in total. The van der Waals surface area contributed by atoms with E-state index >= 15 is 0 Å². The lowest BCUT2D eigenvalue weighted by atomic mass is 10.2. The van der Waals surface area contributed by atoms with E-state index in [1.165, 1.54) is 24.3 Å². The number of benzene rings is 1. The van der Waals surface area contributed by atoms with Gasteiger partial charge >= 0.3 is 0 Å². The van der Waals surface area contributed by atoms with E-state index in [2.05, 4.69) is 5.92 Å². The van der Waals surface area contributed by atoms with Crippen molar-refractivity contribution >= 4 is 9.84 Å². The smallest absolute Gasteiger partial charge is 0.165 e. The maximum atomic E-state index is 12.5. The SMILES string of the molecule is C#CCS(=O)(=O)Cc1ccc(F)cc1. The van der Waals surface area contributed by atoms with Crippen LogP contribution >= 0.6 is 0 Å². The first-order chi connectivity index (χ1) is 6.53. The molecule has 0 unspecified atom stereocenters. The molecular weight excluding hydrogens is 203 g/mol. The van der Waals surface area contributed by atoms with Crippen LogP contribution in [0.25, 0.3) is 0 Å². The van der Waals surface area contributed by atoms with Crippen LogP contribution in [0.1, 0.15) is 5.56 Å². The summed E-state index contributed by atoms with van der Waals surface area (Å²) >= 11 is 0. The van der Waals surface area contributed by atoms with Crippen LogP contribution in [0, 0.1) is 18.2 Å². The minimum atomic E-state index is -3.26. The van der Waals surface area contributed by atoms with E-state index in [0.717, 1.165) is 0 Å². The van der Waals surface area contributed by atoms with Crippen LogP contribution in [0.15, 0.2) is 24.3 Å². The molecule has 0 aromatic heterocycles. The zero-order chi connectivity index (χ0) is 10.6. The van der Waals surface area contributed by atoms with Gasteiger partial charge in [0.05, 0.1) is 5.75 Å². The summed E-state index contributed by atoms with van der Waals surface area (Å²) in [5.74, 6) is 1.26. The lowest BCUT2D eigenvalue weighted by Crippen LogP contribution is -2.07. The van der Waals surface area contributed by atoms with Crippen molar-refractivity contribution in [2.24, 2.45) is 0 Å². The fourth-order valence-electron chi connectivity index (χ4n) is 1.01. The summed E-state index contributed by atoms with van der Waals surface area (Å²) in [6, 6.07) is 5.31. The van der Waals surface area contributed by atoms with E-state index in [1.807, 2.05) is 0 Å². The standard InChI is InChI=1S/C10H9FO2S/c1-2-7-14(12,13)8-9-3-5-10(11)6-4-9/h1,3-6H,7-8H2. The fourth-order valence-corrected chi connectivity index (χ4v) is 2.07. The normalized spacial score (nSPS) is 10.9. The molecule has 0 spiro atoms. The van der Waals surface area contributed by atoms with Gasteiger partial charge in [0.15, 0.2) is 9.84 Å². The second-order valence-electron chi connectivity index (χ2n) is 2.86. The quantitative estimate of drug-likeness (QED) is 0.709. The molecule has 74 valence electrons. The molecule has 1 aromatic rings. The first-order valence-electron chi connectivity index (χ1n) is 3.92. The van der Waals surface area contributed by atoms with Crippen LogP contribution in [0.3, 0.4) is 0 Å². The highest BCUT2D eigenvalue weighted by Crippen LogP contribution is 2.07. The van der Waals surface area contributed by atoms with E-state index < -0.39 is 9.84 Å². The average Bonchev–Trinajstić information content (AvgIpc) is 2.08. The summed E-state index contributed by atoms with van der Waals surface area (Å²) in [5.41, 5.74) is 0.543. The number of hydrogen-bond donors (Lipinski definition) is 0. The molecule has 0 N–H and O–H groups in total. The Bertz CT molecular complexity index is 440. The average molecular weight is 212 g/mol. The van der Waals surface area contributed by atoms with Crippen LogP contribution in [0.4, 0.5) is 4.39 Å². The number of hydrogen-bond acceptors (Lipinski definition) is 2. The molecule has 0 radical (unpaired) electrons. The molecule has 0 bridgehead atoms. The Labute approximate surface area is 82.7 Å². The lowest BCUT2D eigenvalue weighted by molar-refractivity contribution is 0.598. The summed E-state index contributed by atoms with van der Waals surface area (Å²) in [6.45, 7) is 0. The monoisotopic (exact) mass is 212 g/mol. The van der Waals surface area contributed by atoms with Crippen LogP contribution in [-0.4, -0.2) is 14.2 Å². The topological polar surface area (TPSA) is 34.1 Å². The van der Waals surface area contributed by atoms with Crippen LogP contribution in [-0.2, 0) is 15.6 Å². The molecule has 0 fully saturated rings. The summed E-state index contributed by atoms with van der Waals surface area (Å²) in [4.78, 5) is 0. The molecule has 4 heteroatoms. The molecule has 0 aliphatic rings. The molecule has 0 amide bonds. The predicted molar refractivity (Wildman–Crippen MR) is 52.7 cm³/mol. The van der Waals surface area contributed by atoms with E-state index in [0.29, 0.717) is 5.56 Å². The van der Waals surface area contributed by atoms with Crippen molar-refractivity contribution in [1.82, 2.24) is 0 Å². The van der Waals surface area contributed by atoms with Gasteiger partial charge < -0.3 is 0 Å². The first-order valence-corrected chi connectivity index (χ1v) is 5.74. The highest BCUT2D eigenvalue weighted by Gasteiger charge is 2.09. The Morgan fingerprint density at radius 1 is 1.29 bits per heavy atom. The van der Waals surface area contributed by atoms with Gasteiger partial charge in [-0.25, -0.2) is 12.8 Å². The Kier molecular flexibility index (Phi) is 3.26. The zero-order valence-corrected chi connectivity index (χ0v) is 8.22. The van der Waals surface area contributed by atoms with Gasteiger partial charge in [-0.05, 0) is 17.7 Å². The van der Waals surface area contributed by atoms with E-state index in [4.69, 9.17) is 6.42 Å². The predicted octanol–water partition coefficient (Wildman–Crippen LogP) is 1.37. The van der Waals surface area contributed by atoms with Crippen LogP contribution in [0.2, 0.25) is 0 Å². The molecule has 0 aliphatic carbocycles. The van der Waals surface area contributed by atoms with Crippen molar-refractivity contribution in [3.8, 4) is 12.3 Å². The minimum absolute atomic E-state index is 0.141. The van der Waals surface area contributed by atoms with Crippen molar-refractivity contribution in [3.63, 3.8) is 0 Å². The fraction of sp³-hybridized carbons (Fsp3) is 0.200. The van der Waals surface area contributed by atoms with Gasteiger partial charge in [0.2, 0.25) is 0 Å². The Balaban J connectivity index is 2.80. The molecule has 0 heterocycles. The highest BCUT2D eigenvalue weighted by atomic mass is 32.2. The van der Waals surface area contributed by atoms with Crippen LogP contribution < -0.4 is 0 Å². The molecule has 1 aromatic carbocycles. The second kappa shape index (κ2) is 4.25. The van der Waals surface area contributed by atoms with Gasteiger partial charge in [-0.3, -0.25) is 0 Å². The third kappa shape index (κ3) is 3.19. The lowest BCUT2D eigenvalue weighted by Gasteiger charge is -2.00. The molecule has 0 atom stereocenters. The zero-order valence-electron chi connectivity index (χ0n) is 7.40. The van der Waals surface area contributed by atoms with Gasteiger partial charge in [0.1, 0.15) is 11.6 Å². The number of terminal acetylenes is 1. The van der Waals surface area contributed by atoms with Gasteiger partial charge in [-0.1, -0.05) is 18.1 Å². The molecule has 14 heavy (non-hydrogen) atoms. The summed E-state index contributed by atoms with van der Waals surface area (Å²) < 4.78 is 35.0. The van der Waals surface area contributed by atoms with E-state index in [9.17, 15) is 12.8 Å². The number of sulfone groups is 1. The van der Waals surface area contributed by atoms with Gasteiger partial charge in [0.25, 0.3) is 0 Å². The molecular formula is C10H9FO2S. The van der Waals surface area contributed by atoms with Gasteiger partial charge in [-0.2, -0.15) is 0 Å². The number of halogens is 1. The largest absolute Gasteiger partial charge is 0.228 e. The Hall–Kier alpha value is -1.34. The van der Waals surface area contributed by atoms with Gasteiger partial charge in [0, 0.05) is 0 Å². The van der Waals surface area contributed by atoms with Crippen molar-refractivity contribution in [1.29, 1.82) is 0 Å². The van der Waals surface area contributed by atoms with Crippen molar-refractivity contribution < 1.29 is 12.8 Å². The molecule has 0 saturated carbocycles. The summed E-state index contributed by atoms with van der Waals surface area (Å²) in [7, 11) is -3.26. The van der Waals surface area contributed by atoms with Crippen molar-refractivity contribution in [2.45, 2.75) is 5.75 Å². The third-order valence-electron chi connectivity index (χ3n) is 1.60. The first kappa shape index (κ1) is 10.7. The molecule has 1 rings (SSSR count). The molecule has 0 saturated heterocycles. The van der Waals surface area contributed by atoms with Gasteiger partial charge in [-0.15, -0.1) is 6.42 Å². The Morgan fingerprint density at radius 2 is 1.86 bits per heavy atom. The third-order valence-corrected chi connectivity index (χ3v) is 2.98. The van der Waals surface area contributed by atoms with Crippen molar-refractivity contribution in [3.05, 3.63) is 35.6 Å². The maximum absolute atomic E-state index is 12.5. The second-order valence-corrected chi connectivity index (χ2v) is 4.93. The highest BCUT2D eigenvalue weighted by molar-refractivity contribution is 7.90. The maximum Gasteiger partial charge on any atom is 0.165 e. The minimum Gasteiger partial charge on any atom is -0.228 e. The van der Waals surface area contributed by atoms with Crippen molar-refractivity contribution in [2.75, 3.05) is 5.75 Å². The summed E-state index contributed by atoms with van der Waals surface area (Å²) in [5, 5.41) is 0. The van der Waals surface area contributed by atoms with E-state index in [1.54, 1.807) is 0 Å². The molecule has 0 aliphatic heterocycles.